The van der Waals surface area contributed by atoms with Crippen LogP contribution in [0.25, 0.3) is 0 Å². The van der Waals surface area contributed by atoms with Crippen LogP contribution in [0.4, 0.5) is 4.79 Å². The number of carbonyl (C=O) groups is 1. The van der Waals surface area contributed by atoms with Crippen molar-refractivity contribution in [3.05, 3.63) is 0 Å². The quantitative estimate of drug-likeness (QED) is 0.731. The van der Waals surface area contributed by atoms with Crippen molar-refractivity contribution in [2.45, 2.75) is 26.4 Å². The first-order valence-electron chi connectivity index (χ1n) is 5.49. The van der Waals surface area contributed by atoms with E-state index in [1.165, 1.54) is 0 Å². The summed E-state index contributed by atoms with van der Waals surface area (Å²) >= 11 is 0. The number of nitrogens with one attached hydrogen (secondary N) is 2. The van der Waals surface area contributed by atoms with E-state index in [0.29, 0.717) is 13.1 Å². The number of alkyl carbamates (subject to hydrolysis) is 1. The number of nitriles is 1. The van der Waals surface area contributed by atoms with Gasteiger partial charge in [0, 0.05) is 25.6 Å². The van der Waals surface area contributed by atoms with E-state index in [4.69, 9.17) is 10.00 Å². The van der Waals surface area contributed by atoms with Gasteiger partial charge in [-0.05, 0) is 20.8 Å². The smallest absolute Gasteiger partial charge is 0.407 e. The fourth-order valence-corrected chi connectivity index (χ4v) is 1.63. The van der Waals surface area contributed by atoms with Crippen LogP contribution in [0.3, 0.4) is 0 Å². The Labute approximate surface area is 96.2 Å². The maximum atomic E-state index is 11.4. The highest BCUT2D eigenvalue weighted by atomic mass is 16.6. The zero-order chi connectivity index (χ0) is 12.2. The molecule has 0 aromatic rings. The average molecular weight is 225 g/mol. The van der Waals surface area contributed by atoms with Crippen LogP contribution in [-0.2, 0) is 4.74 Å². The SMILES string of the molecule is CC(C)(C)OC(=O)NCC1CNCC1C#N. The van der Waals surface area contributed by atoms with Gasteiger partial charge in [0.25, 0.3) is 0 Å². The number of nitrogens with zero attached hydrogens (tertiary/aromatic N) is 1. The van der Waals surface area contributed by atoms with E-state index in [1.807, 2.05) is 20.8 Å². The van der Waals surface area contributed by atoms with Gasteiger partial charge >= 0.3 is 6.09 Å². The van der Waals surface area contributed by atoms with Crippen molar-refractivity contribution in [2.75, 3.05) is 19.6 Å². The molecule has 16 heavy (non-hydrogen) atoms. The predicted octanol–water partition coefficient (Wildman–Crippen LogP) is 0.870. The first-order valence-corrected chi connectivity index (χ1v) is 5.49. The fraction of sp³-hybridized carbons (Fsp3) is 0.818. The molecule has 0 bridgehead atoms. The van der Waals surface area contributed by atoms with Gasteiger partial charge in [-0.15, -0.1) is 0 Å². The third-order valence-electron chi connectivity index (χ3n) is 2.41. The summed E-state index contributed by atoms with van der Waals surface area (Å²) in [6.45, 7) is 7.43. The van der Waals surface area contributed by atoms with Crippen LogP contribution in [0.1, 0.15) is 20.8 Å². The van der Waals surface area contributed by atoms with Gasteiger partial charge in [0.1, 0.15) is 5.60 Å². The molecule has 90 valence electrons. The van der Waals surface area contributed by atoms with Crippen LogP contribution in [0, 0.1) is 23.2 Å². The topological polar surface area (TPSA) is 74.2 Å². The van der Waals surface area contributed by atoms with Crippen molar-refractivity contribution in [3.63, 3.8) is 0 Å². The summed E-state index contributed by atoms with van der Waals surface area (Å²) in [4.78, 5) is 11.4. The lowest BCUT2D eigenvalue weighted by atomic mass is 9.98. The molecule has 0 aliphatic carbocycles. The molecule has 2 atom stereocenters. The molecule has 1 fully saturated rings. The van der Waals surface area contributed by atoms with E-state index in [9.17, 15) is 4.79 Å². The lowest BCUT2D eigenvalue weighted by Gasteiger charge is -2.21. The van der Waals surface area contributed by atoms with Crippen LogP contribution >= 0.6 is 0 Å². The zero-order valence-corrected chi connectivity index (χ0v) is 10.0. The number of hydrogen-bond acceptors (Lipinski definition) is 4. The number of rotatable bonds is 2. The summed E-state index contributed by atoms with van der Waals surface area (Å²) < 4.78 is 5.11. The van der Waals surface area contributed by atoms with Gasteiger partial charge in [-0.25, -0.2) is 4.79 Å². The Balaban J connectivity index is 2.30. The van der Waals surface area contributed by atoms with E-state index in [2.05, 4.69) is 16.7 Å². The van der Waals surface area contributed by atoms with Gasteiger partial charge < -0.3 is 15.4 Å². The highest BCUT2D eigenvalue weighted by Crippen LogP contribution is 2.14. The molecule has 0 radical (unpaired) electrons. The molecule has 1 aliphatic heterocycles. The summed E-state index contributed by atoms with van der Waals surface area (Å²) in [5.41, 5.74) is -0.480. The van der Waals surface area contributed by atoms with Gasteiger partial charge in [-0.2, -0.15) is 5.26 Å². The van der Waals surface area contributed by atoms with Crippen LogP contribution in [-0.4, -0.2) is 31.3 Å². The van der Waals surface area contributed by atoms with Crippen molar-refractivity contribution in [3.8, 4) is 6.07 Å². The third kappa shape index (κ3) is 4.07. The Morgan fingerprint density at radius 2 is 2.25 bits per heavy atom. The summed E-state index contributed by atoms with van der Waals surface area (Å²) in [5, 5.41) is 14.7. The van der Waals surface area contributed by atoms with Gasteiger partial charge in [-0.3, -0.25) is 0 Å². The largest absolute Gasteiger partial charge is 0.444 e. The number of ether oxygens (including phenoxy) is 1. The standard InChI is InChI=1S/C11H19N3O2/c1-11(2,3)16-10(15)14-7-9-6-13-5-8(9)4-12/h8-9,13H,5-7H2,1-3H3,(H,14,15). The molecule has 1 amide bonds. The molecule has 0 spiro atoms. The highest BCUT2D eigenvalue weighted by molar-refractivity contribution is 5.67. The maximum absolute atomic E-state index is 11.4. The van der Waals surface area contributed by atoms with E-state index in [0.717, 1.165) is 6.54 Å². The first kappa shape index (κ1) is 12.8. The molecule has 2 unspecified atom stereocenters. The second kappa shape index (κ2) is 5.17. The Kier molecular flexibility index (Phi) is 4.13. The molecule has 5 nitrogen and oxygen atoms in total. The molecular weight excluding hydrogens is 206 g/mol. The molecule has 0 aromatic heterocycles. The van der Waals surface area contributed by atoms with Crippen molar-refractivity contribution >= 4 is 6.09 Å². The Hall–Kier alpha value is -1.28. The summed E-state index contributed by atoms with van der Waals surface area (Å²) in [7, 11) is 0. The van der Waals surface area contributed by atoms with Gasteiger partial charge in [0.05, 0.1) is 12.0 Å². The average Bonchev–Trinajstić information content (AvgIpc) is 2.59. The molecule has 1 aliphatic rings. The lowest BCUT2D eigenvalue weighted by molar-refractivity contribution is 0.0519. The number of hydrogen-bond donors (Lipinski definition) is 2. The Bertz CT molecular complexity index is 291. The highest BCUT2D eigenvalue weighted by Gasteiger charge is 2.27. The predicted molar refractivity (Wildman–Crippen MR) is 59.7 cm³/mol. The number of carbonyl (C=O) groups excluding carboxylic acids is 1. The van der Waals surface area contributed by atoms with Crippen LogP contribution < -0.4 is 10.6 Å². The van der Waals surface area contributed by atoms with Gasteiger partial charge in [0.15, 0.2) is 0 Å². The van der Waals surface area contributed by atoms with Crippen LogP contribution in [0.15, 0.2) is 0 Å². The Morgan fingerprint density at radius 3 is 2.81 bits per heavy atom. The summed E-state index contributed by atoms with van der Waals surface area (Å²) in [6.07, 6.45) is -0.420. The fourth-order valence-electron chi connectivity index (χ4n) is 1.63. The Morgan fingerprint density at radius 1 is 1.56 bits per heavy atom. The zero-order valence-electron chi connectivity index (χ0n) is 10.0. The second-order valence-corrected chi connectivity index (χ2v) is 5.04. The molecule has 1 saturated heterocycles. The van der Waals surface area contributed by atoms with E-state index >= 15 is 0 Å². The van der Waals surface area contributed by atoms with E-state index < -0.39 is 11.7 Å². The third-order valence-corrected chi connectivity index (χ3v) is 2.41. The van der Waals surface area contributed by atoms with Crippen molar-refractivity contribution in [2.24, 2.45) is 11.8 Å². The molecule has 0 saturated carbocycles. The van der Waals surface area contributed by atoms with E-state index in [-0.39, 0.29) is 11.8 Å². The molecule has 0 aromatic carbocycles. The lowest BCUT2D eigenvalue weighted by Crippen LogP contribution is -2.36. The summed E-state index contributed by atoms with van der Waals surface area (Å²) in [5.74, 6) is 0.160. The second-order valence-electron chi connectivity index (χ2n) is 5.04. The number of amides is 1. The minimum Gasteiger partial charge on any atom is -0.444 e. The van der Waals surface area contributed by atoms with Crippen molar-refractivity contribution in [1.29, 1.82) is 5.26 Å². The summed E-state index contributed by atoms with van der Waals surface area (Å²) in [6, 6.07) is 2.23. The van der Waals surface area contributed by atoms with Gasteiger partial charge in [-0.1, -0.05) is 0 Å². The molecule has 1 heterocycles. The normalized spacial score (nSPS) is 24.9. The minimum atomic E-state index is -0.480. The van der Waals surface area contributed by atoms with Crippen LogP contribution in [0.5, 0.6) is 0 Å². The molecule has 1 rings (SSSR count). The molecule has 2 N–H and O–H groups in total. The van der Waals surface area contributed by atoms with E-state index in [1.54, 1.807) is 0 Å². The van der Waals surface area contributed by atoms with Crippen molar-refractivity contribution in [1.82, 2.24) is 10.6 Å². The minimum absolute atomic E-state index is 0.0186. The monoisotopic (exact) mass is 225 g/mol. The molecular formula is C11H19N3O2. The first-order chi connectivity index (χ1) is 7.42. The van der Waals surface area contributed by atoms with Gasteiger partial charge in [0.2, 0.25) is 0 Å². The van der Waals surface area contributed by atoms with Crippen molar-refractivity contribution < 1.29 is 9.53 Å². The van der Waals surface area contributed by atoms with Crippen LogP contribution in [0.2, 0.25) is 0 Å². The maximum Gasteiger partial charge on any atom is 0.407 e. The molecule has 5 heteroatoms.